The normalized spacial score (nSPS) is 15.1. The molecule has 1 fully saturated rings. The van der Waals surface area contributed by atoms with E-state index in [0.717, 1.165) is 30.2 Å². The molecule has 2 aromatic rings. The van der Waals surface area contributed by atoms with Crippen LogP contribution in [-0.4, -0.2) is 29.0 Å². The van der Waals surface area contributed by atoms with E-state index in [1.807, 2.05) is 17.6 Å². The van der Waals surface area contributed by atoms with Gasteiger partial charge >= 0.3 is 0 Å². The Morgan fingerprint density at radius 3 is 2.79 bits per heavy atom. The molecular weight excluding hydrogens is 320 g/mol. The highest BCUT2D eigenvalue weighted by molar-refractivity contribution is 7.07. The van der Waals surface area contributed by atoms with E-state index in [0.29, 0.717) is 19.4 Å². The van der Waals surface area contributed by atoms with Crippen LogP contribution in [0.1, 0.15) is 43.4 Å². The van der Waals surface area contributed by atoms with Crippen LogP contribution in [0.2, 0.25) is 0 Å². The third kappa shape index (κ3) is 5.03. The molecule has 128 valence electrons. The van der Waals surface area contributed by atoms with Gasteiger partial charge in [-0.05, 0) is 37.0 Å². The standard InChI is InChI=1S/C18H24N4OS/c23-18(6-5-16-13-24-14-21-16)20-12-15-7-8-19-17(11-15)22-9-3-1-2-4-10-22/h7-8,11,13-14H,1-6,9-10,12H2,(H,20,23). The van der Waals surface area contributed by atoms with Crippen molar-refractivity contribution in [3.05, 3.63) is 40.5 Å². The summed E-state index contributed by atoms with van der Waals surface area (Å²) in [6.07, 6.45) is 8.12. The van der Waals surface area contributed by atoms with Gasteiger partial charge < -0.3 is 10.2 Å². The molecule has 24 heavy (non-hydrogen) atoms. The third-order valence-electron chi connectivity index (χ3n) is 4.32. The van der Waals surface area contributed by atoms with E-state index in [1.54, 1.807) is 16.8 Å². The number of carbonyl (C=O) groups excluding carboxylic acids is 1. The summed E-state index contributed by atoms with van der Waals surface area (Å²) in [7, 11) is 0. The molecule has 0 unspecified atom stereocenters. The number of nitrogens with one attached hydrogen (secondary N) is 1. The Bertz CT molecular complexity index is 636. The van der Waals surface area contributed by atoms with Crippen LogP contribution in [0.5, 0.6) is 0 Å². The summed E-state index contributed by atoms with van der Waals surface area (Å²) < 4.78 is 0. The third-order valence-corrected chi connectivity index (χ3v) is 4.96. The van der Waals surface area contributed by atoms with Crippen LogP contribution in [0.3, 0.4) is 0 Å². The topological polar surface area (TPSA) is 58.1 Å². The van der Waals surface area contributed by atoms with Gasteiger partial charge in [-0.25, -0.2) is 9.97 Å². The van der Waals surface area contributed by atoms with Crippen LogP contribution in [0, 0.1) is 0 Å². The molecule has 2 aromatic heterocycles. The number of anilines is 1. The smallest absolute Gasteiger partial charge is 0.220 e. The van der Waals surface area contributed by atoms with Gasteiger partial charge in [0.1, 0.15) is 5.82 Å². The Hall–Kier alpha value is -1.95. The first-order chi connectivity index (χ1) is 11.8. The number of thiazole rings is 1. The molecule has 1 aliphatic rings. The number of carbonyl (C=O) groups is 1. The fraction of sp³-hybridized carbons (Fsp3) is 0.500. The van der Waals surface area contributed by atoms with E-state index in [4.69, 9.17) is 0 Å². The number of hydrogen-bond acceptors (Lipinski definition) is 5. The molecule has 0 aromatic carbocycles. The second-order valence-corrected chi connectivity index (χ2v) is 6.90. The largest absolute Gasteiger partial charge is 0.357 e. The van der Waals surface area contributed by atoms with Crippen molar-refractivity contribution in [3.63, 3.8) is 0 Å². The molecule has 5 nitrogen and oxygen atoms in total. The lowest BCUT2D eigenvalue weighted by molar-refractivity contribution is -0.121. The Kier molecular flexibility index (Phi) is 6.18. The summed E-state index contributed by atoms with van der Waals surface area (Å²) >= 11 is 1.56. The summed E-state index contributed by atoms with van der Waals surface area (Å²) in [4.78, 5) is 23.1. The van der Waals surface area contributed by atoms with E-state index in [-0.39, 0.29) is 5.91 Å². The maximum Gasteiger partial charge on any atom is 0.220 e. The molecule has 1 aliphatic heterocycles. The van der Waals surface area contributed by atoms with Crippen molar-refractivity contribution >= 4 is 23.1 Å². The SMILES string of the molecule is O=C(CCc1cscn1)NCc1ccnc(N2CCCCCC2)c1. The maximum absolute atomic E-state index is 12.0. The Balaban J connectivity index is 1.49. The second kappa shape index (κ2) is 8.78. The van der Waals surface area contributed by atoms with Gasteiger partial charge in [0.05, 0.1) is 11.2 Å². The minimum Gasteiger partial charge on any atom is -0.357 e. The maximum atomic E-state index is 12.0. The molecule has 0 radical (unpaired) electrons. The molecule has 1 amide bonds. The fourth-order valence-corrected chi connectivity index (χ4v) is 3.53. The molecule has 1 saturated heterocycles. The highest BCUT2D eigenvalue weighted by atomic mass is 32.1. The van der Waals surface area contributed by atoms with Gasteiger partial charge in [0.15, 0.2) is 0 Å². The highest BCUT2D eigenvalue weighted by Gasteiger charge is 2.11. The summed E-state index contributed by atoms with van der Waals surface area (Å²) in [5, 5.41) is 4.98. The number of aromatic nitrogens is 2. The van der Waals surface area contributed by atoms with Gasteiger partial charge in [0.2, 0.25) is 5.91 Å². The van der Waals surface area contributed by atoms with Crippen LogP contribution in [0.25, 0.3) is 0 Å². The number of rotatable bonds is 6. The Morgan fingerprint density at radius 1 is 1.21 bits per heavy atom. The first kappa shape index (κ1) is 16.9. The molecule has 3 heterocycles. The first-order valence-corrected chi connectivity index (χ1v) is 9.59. The minimum atomic E-state index is 0.0659. The van der Waals surface area contributed by atoms with Crippen molar-refractivity contribution in [1.29, 1.82) is 0 Å². The van der Waals surface area contributed by atoms with Crippen molar-refractivity contribution in [3.8, 4) is 0 Å². The van der Waals surface area contributed by atoms with E-state index in [9.17, 15) is 4.79 Å². The zero-order valence-electron chi connectivity index (χ0n) is 13.9. The van der Waals surface area contributed by atoms with Gasteiger partial charge in [-0.3, -0.25) is 4.79 Å². The molecule has 0 atom stereocenters. The molecular formula is C18H24N4OS. The van der Waals surface area contributed by atoms with Crippen LogP contribution in [0.4, 0.5) is 5.82 Å². The molecule has 0 spiro atoms. The zero-order valence-corrected chi connectivity index (χ0v) is 14.7. The number of amides is 1. The van der Waals surface area contributed by atoms with Gasteiger partial charge in [-0.2, -0.15) is 0 Å². The molecule has 6 heteroatoms. The van der Waals surface area contributed by atoms with Gasteiger partial charge in [-0.1, -0.05) is 12.8 Å². The number of aryl methyl sites for hydroxylation is 1. The molecule has 0 aliphatic carbocycles. The summed E-state index contributed by atoms with van der Waals surface area (Å²) in [5.41, 5.74) is 3.89. The molecule has 3 rings (SSSR count). The van der Waals surface area contributed by atoms with Crippen LogP contribution >= 0.6 is 11.3 Å². The Labute approximate surface area is 147 Å². The van der Waals surface area contributed by atoms with Gasteiger partial charge in [0, 0.05) is 37.6 Å². The second-order valence-electron chi connectivity index (χ2n) is 6.18. The Morgan fingerprint density at radius 2 is 2.04 bits per heavy atom. The summed E-state index contributed by atoms with van der Waals surface area (Å²) in [6.45, 7) is 2.71. The predicted octanol–water partition coefficient (Wildman–Crippen LogP) is 3.17. The average Bonchev–Trinajstić information content (AvgIpc) is 2.98. The number of hydrogen-bond donors (Lipinski definition) is 1. The first-order valence-electron chi connectivity index (χ1n) is 8.65. The number of pyridine rings is 1. The lowest BCUT2D eigenvalue weighted by Gasteiger charge is -2.21. The van der Waals surface area contributed by atoms with Crippen LogP contribution in [-0.2, 0) is 17.8 Å². The lowest BCUT2D eigenvalue weighted by Crippen LogP contribution is -2.26. The monoisotopic (exact) mass is 344 g/mol. The summed E-state index contributed by atoms with van der Waals surface area (Å²) in [5.74, 6) is 1.10. The molecule has 0 saturated carbocycles. The van der Waals surface area contributed by atoms with Gasteiger partial charge in [0.25, 0.3) is 0 Å². The minimum absolute atomic E-state index is 0.0659. The summed E-state index contributed by atoms with van der Waals surface area (Å²) in [6, 6.07) is 4.08. The van der Waals surface area contributed by atoms with Crippen molar-refractivity contribution in [2.24, 2.45) is 0 Å². The average molecular weight is 344 g/mol. The molecule has 0 bridgehead atoms. The van der Waals surface area contributed by atoms with Crippen molar-refractivity contribution < 1.29 is 4.79 Å². The van der Waals surface area contributed by atoms with E-state index in [2.05, 4.69) is 26.3 Å². The zero-order chi connectivity index (χ0) is 16.6. The van der Waals surface area contributed by atoms with Crippen molar-refractivity contribution in [2.75, 3.05) is 18.0 Å². The van der Waals surface area contributed by atoms with E-state index < -0.39 is 0 Å². The van der Waals surface area contributed by atoms with E-state index in [1.165, 1.54) is 25.7 Å². The van der Waals surface area contributed by atoms with Gasteiger partial charge in [-0.15, -0.1) is 11.3 Å². The highest BCUT2D eigenvalue weighted by Crippen LogP contribution is 2.18. The van der Waals surface area contributed by atoms with Crippen molar-refractivity contribution in [1.82, 2.24) is 15.3 Å². The quantitative estimate of drug-likeness (QED) is 0.874. The number of nitrogens with zero attached hydrogens (tertiary/aromatic N) is 3. The molecule has 1 N–H and O–H groups in total. The van der Waals surface area contributed by atoms with Crippen molar-refractivity contribution in [2.45, 2.75) is 45.1 Å². The fourth-order valence-electron chi connectivity index (χ4n) is 2.93. The lowest BCUT2D eigenvalue weighted by atomic mass is 10.2. The van der Waals surface area contributed by atoms with E-state index >= 15 is 0 Å². The van der Waals surface area contributed by atoms with Crippen LogP contribution in [0.15, 0.2) is 29.2 Å². The predicted molar refractivity (Wildman–Crippen MR) is 97.2 cm³/mol. The van der Waals surface area contributed by atoms with Crippen LogP contribution < -0.4 is 10.2 Å².